The normalized spacial score (nSPS) is 19.9. The highest BCUT2D eigenvalue weighted by Crippen LogP contribution is 2.33. The number of aromatic amines is 1. The Morgan fingerprint density at radius 2 is 1.68 bits per heavy atom. The molecule has 3 aromatic rings. The minimum atomic E-state index is -4.55. The summed E-state index contributed by atoms with van der Waals surface area (Å²) < 4.78 is 55.5. The lowest BCUT2D eigenvalue weighted by Crippen LogP contribution is -2.34. The van der Waals surface area contributed by atoms with Gasteiger partial charge in [-0.2, -0.15) is 28.6 Å². The molecule has 0 aliphatic carbocycles. The minimum Gasteiger partial charge on any atom is -0.481 e. The van der Waals surface area contributed by atoms with Gasteiger partial charge in [0.05, 0.1) is 0 Å². The van der Waals surface area contributed by atoms with E-state index >= 15 is 0 Å². The lowest BCUT2D eigenvalue weighted by molar-refractivity contribution is -0.153. The Morgan fingerprint density at radius 1 is 0.974 bits per heavy atom. The monoisotopic (exact) mass is 533 g/mol. The van der Waals surface area contributed by atoms with Crippen molar-refractivity contribution < 1.29 is 31.9 Å². The summed E-state index contributed by atoms with van der Waals surface area (Å²) in [4.78, 5) is 29.6. The molecule has 2 fully saturated rings. The van der Waals surface area contributed by atoms with Gasteiger partial charge in [0, 0.05) is 38.2 Å². The maximum Gasteiger partial charge on any atom is 0.422 e. The van der Waals surface area contributed by atoms with E-state index in [1.54, 1.807) is 18.2 Å². The zero-order chi connectivity index (χ0) is 26.9. The Morgan fingerprint density at radius 3 is 2.37 bits per heavy atom. The van der Waals surface area contributed by atoms with Crippen molar-refractivity contribution in [3.05, 3.63) is 53.3 Å². The molecule has 1 N–H and O–H groups in total. The standard InChI is InChI=1S/C26H27F4N5O3/c27-20-11-16(1-5-23(20)38-15-26(28,29)30)2-6-24(36)34-9-7-18-13-35(14-19(18)8-10-34)25(37)17-3-4-21-22(12-17)32-33-31-21/h1,3-5,11-12,18-19H,2,6-10,13-15H2,(H,31,32,33)/t18-,19+. The molecular weight excluding hydrogens is 506 g/mol. The summed E-state index contributed by atoms with van der Waals surface area (Å²) in [6.45, 7) is 0.898. The van der Waals surface area contributed by atoms with Crippen molar-refractivity contribution in [2.24, 2.45) is 11.8 Å². The number of fused-ring (bicyclic) bond motifs is 2. The molecule has 5 rings (SSSR count). The number of hydrogen-bond acceptors (Lipinski definition) is 5. The number of alkyl halides is 3. The molecule has 8 nitrogen and oxygen atoms in total. The van der Waals surface area contributed by atoms with E-state index in [1.807, 2.05) is 9.80 Å². The number of H-pyrrole nitrogens is 1. The van der Waals surface area contributed by atoms with Crippen molar-refractivity contribution in [3.63, 3.8) is 0 Å². The first-order valence-electron chi connectivity index (χ1n) is 12.5. The Kier molecular flexibility index (Phi) is 7.22. The highest BCUT2D eigenvalue weighted by Gasteiger charge is 2.38. The van der Waals surface area contributed by atoms with E-state index in [0.29, 0.717) is 60.2 Å². The number of carbonyl (C=O) groups excluding carboxylic acids is 2. The maximum atomic E-state index is 14.1. The molecule has 12 heteroatoms. The van der Waals surface area contributed by atoms with Crippen LogP contribution in [0.25, 0.3) is 11.0 Å². The van der Waals surface area contributed by atoms with Crippen molar-refractivity contribution in [2.75, 3.05) is 32.8 Å². The zero-order valence-electron chi connectivity index (χ0n) is 20.5. The number of ether oxygens (including phenoxy) is 1. The molecule has 2 saturated heterocycles. The molecule has 38 heavy (non-hydrogen) atoms. The van der Waals surface area contributed by atoms with Gasteiger partial charge >= 0.3 is 6.18 Å². The fourth-order valence-corrected chi connectivity index (χ4v) is 5.30. The molecule has 0 saturated carbocycles. The van der Waals surface area contributed by atoms with Crippen LogP contribution in [0.4, 0.5) is 17.6 Å². The first-order valence-corrected chi connectivity index (χ1v) is 12.5. The molecule has 2 aliphatic heterocycles. The van der Waals surface area contributed by atoms with E-state index in [-0.39, 0.29) is 24.7 Å². The van der Waals surface area contributed by atoms with Crippen LogP contribution in [0.2, 0.25) is 0 Å². The molecule has 1 aromatic heterocycles. The molecule has 0 spiro atoms. The second-order valence-electron chi connectivity index (χ2n) is 9.88. The van der Waals surface area contributed by atoms with Crippen LogP contribution in [0.15, 0.2) is 36.4 Å². The van der Waals surface area contributed by atoms with E-state index in [1.165, 1.54) is 6.07 Å². The molecule has 3 heterocycles. The van der Waals surface area contributed by atoms with Gasteiger partial charge in [-0.1, -0.05) is 6.07 Å². The quantitative estimate of drug-likeness (QED) is 0.484. The number of nitrogens with zero attached hydrogens (tertiary/aromatic N) is 4. The lowest BCUT2D eigenvalue weighted by atomic mass is 9.92. The topological polar surface area (TPSA) is 91.4 Å². The van der Waals surface area contributed by atoms with Crippen molar-refractivity contribution >= 4 is 22.8 Å². The number of halogens is 4. The highest BCUT2D eigenvalue weighted by molar-refractivity contribution is 5.97. The number of aryl methyl sites for hydroxylation is 1. The third-order valence-corrected chi connectivity index (χ3v) is 7.33. The Balaban J connectivity index is 1.11. The van der Waals surface area contributed by atoms with Crippen molar-refractivity contribution in [1.29, 1.82) is 0 Å². The second-order valence-corrected chi connectivity index (χ2v) is 9.88. The van der Waals surface area contributed by atoms with Crippen LogP contribution in [0.1, 0.15) is 35.2 Å². The van der Waals surface area contributed by atoms with E-state index in [2.05, 4.69) is 20.1 Å². The molecule has 2 aliphatic rings. The molecule has 2 aromatic carbocycles. The van der Waals surface area contributed by atoms with Crippen LogP contribution >= 0.6 is 0 Å². The number of aromatic nitrogens is 3. The van der Waals surface area contributed by atoms with Gasteiger partial charge < -0.3 is 14.5 Å². The lowest BCUT2D eigenvalue weighted by Gasteiger charge is -2.22. The van der Waals surface area contributed by atoms with E-state index in [9.17, 15) is 27.2 Å². The summed E-state index contributed by atoms with van der Waals surface area (Å²) >= 11 is 0. The van der Waals surface area contributed by atoms with E-state index in [4.69, 9.17) is 0 Å². The first-order chi connectivity index (χ1) is 18.2. The molecule has 0 unspecified atom stereocenters. The molecule has 2 atom stereocenters. The zero-order valence-corrected chi connectivity index (χ0v) is 20.5. The van der Waals surface area contributed by atoms with Crippen LogP contribution in [0.5, 0.6) is 5.75 Å². The van der Waals surface area contributed by atoms with Crippen LogP contribution in [0, 0.1) is 17.7 Å². The fraction of sp³-hybridized carbons (Fsp3) is 0.462. The SMILES string of the molecule is O=C(CCc1ccc(OCC(F)(F)F)c(F)c1)N1CC[C@@H]2CN(C(=O)c3ccc4n[nH]nc4c3)C[C@@H]2CC1. The Bertz CT molecular complexity index is 1310. The number of nitrogens with one attached hydrogen (secondary N) is 1. The number of likely N-dealkylation sites (tertiary alicyclic amines) is 2. The summed E-state index contributed by atoms with van der Waals surface area (Å²) in [5.41, 5.74) is 2.44. The largest absolute Gasteiger partial charge is 0.481 e. The van der Waals surface area contributed by atoms with Gasteiger partial charge in [-0.3, -0.25) is 9.59 Å². The van der Waals surface area contributed by atoms with E-state index < -0.39 is 24.3 Å². The number of carbonyl (C=O) groups is 2. The van der Waals surface area contributed by atoms with Crippen LogP contribution in [-0.2, 0) is 11.2 Å². The second kappa shape index (κ2) is 10.6. The first kappa shape index (κ1) is 25.9. The van der Waals surface area contributed by atoms with Crippen LogP contribution in [0.3, 0.4) is 0 Å². The van der Waals surface area contributed by atoms with Crippen molar-refractivity contribution in [3.8, 4) is 5.75 Å². The minimum absolute atomic E-state index is 0.0297. The number of benzene rings is 2. The Hall–Kier alpha value is -3.70. The predicted octanol–water partition coefficient (Wildman–Crippen LogP) is 3.98. The maximum absolute atomic E-state index is 14.1. The van der Waals surface area contributed by atoms with Gasteiger partial charge in [-0.05, 0) is 67.0 Å². The summed E-state index contributed by atoms with van der Waals surface area (Å²) in [6, 6.07) is 9.01. The van der Waals surface area contributed by atoms with E-state index in [0.717, 1.165) is 25.0 Å². The highest BCUT2D eigenvalue weighted by atomic mass is 19.4. The Labute approximate surface area is 215 Å². The van der Waals surface area contributed by atoms with Gasteiger partial charge in [-0.25, -0.2) is 4.39 Å². The van der Waals surface area contributed by atoms with Crippen molar-refractivity contribution in [1.82, 2.24) is 25.2 Å². The molecule has 0 bridgehead atoms. The molecule has 2 amide bonds. The molecule has 202 valence electrons. The fourth-order valence-electron chi connectivity index (χ4n) is 5.30. The molecule has 0 radical (unpaired) electrons. The van der Waals surface area contributed by atoms with Crippen molar-refractivity contribution in [2.45, 2.75) is 31.9 Å². The third-order valence-electron chi connectivity index (χ3n) is 7.33. The van der Waals surface area contributed by atoms with Gasteiger partial charge in [-0.15, -0.1) is 0 Å². The average Bonchev–Trinajstić information content (AvgIpc) is 3.47. The number of hydrogen-bond donors (Lipinski definition) is 1. The van der Waals surface area contributed by atoms with Gasteiger partial charge in [0.25, 0.3) is 5.91 Å². The summed E-state index contributed by atoms with van der Waals surface area (Å²) in [5, 5.41) is 10.6. The summed E-state index contributed by atoms with van der Waals surface area (Å²) in [5.74, 6) is -0.809. The summed E-state index contributed by atoms with van der Waals surface area (Å²) in [7, 11) is 0. The van der Waals surface area contributed by atoms with Crippen LogP contribution < -0.4 is 4.74 Å². The third kappa shape index (κ3) is 5.89. The van der Waals surface area contributed by atoms with Gasteiger partial charge in [0.2, 0.25) is 5.91 Å². The smallest absolute Gasteiger partial charge is 0.422 e. The number of rotatable bonds is 6. The average molecular weight is 534 g/mol. The van der Waals surface area contributed by atoms with Crippen LogP contribution in [-0.4, -0.2) is 76.0 Å². The molecular formula is C26H27F4N5O3. The predicted molar refractivity (Wildman–Crippen MR) is 129 cm³/mol. The van der Waals surface area contributed by atoms with Gasteiger partial charge in [0.1, 0.15) is 11.0 Å². The summed E-state index contributed by atoms with van der Waals surface area (Å²) in [6.07, 6.45) is -2.52. The number of amides is 2. The van der Waals surface area contributed by atoms with Gasteiger partial charge in [0.15, 0.2) is 18.2 Å².